The normalized spacial score (nSPS) is 24.1. The second-order valence-corrected chi connectivity index (χ2v) is 8.13. The molecule has 2 nitrogen and oxygen atoms in total. The third-order valence-electron chi connectivity index (χ3n) is 3.59. The zero-order chi connectivity index (χ0) is 13.5. The van der Waals surface area contributed by atoms with Gasteiger partial charge in [-0.25, -0.2) is 8.42 Å². The van der Waals surface area contributed by atoms with E-state index in [4.69, 9.17) is 23.2 Å². The molecule has 1 saturated heterocycles. The Morgan fingerprint density at radius 2 is 1.89 bits per heavy atom. The van der Waals surface area contributed by atoms with Crippen LogP contribution in [0.25, 0.3) is 0 Å². The van der Waals surface area contributed by atoms with Gasteiger partial charge in [-0.3, -0.25) is 0 Å². The van der Waals surface area contributed by atoms with Crippen LogP contribution in [0.4, 0.5) is 0 Å². The maximum atomic E-state index is 11.5. The smallest absolute Gasteiger partial charge is 0.150 e. The molecule has 5 heteroatoms. The summed E-state index contributed by atoms with van der Waals surface area (Å²) in [7, 11) is -2.91. The van der Waals surface area contributed by atoms with Crippen molar-refractivity contribution in [3.63, 3.8) is 0 Å². The first-order valence-electron chi connectivity index (χ1n) is 5.91. The summed E-state index contributed by atoms with van der Waals surface area (Å²) in [6, 6.07) is 3.87. The summed E-state index contributed by atoms with van der Waals surface area (Å²) in [6.45, 7) is 4.00. The molecule has 2 unspecified atom stereocenters. The lowest BCUT2D eigenvalue weighted by Gasteiger charge is -2.18. The maximum absolute atomic E-state index is 11.5. The second-order valence-electron chi connectivity index (χ2n) is 5.02. The van der Waals surface area contributed by atoms with E-state index in [0.29, 0.717) is 11.4 Å². The highest BCUT2D eigenvalue weighted by molar-refractivity contribution is 7.91. The second kappa shape index (κ2) is 5.03. The number of alkyl halides is 1. The van der Waals surface area contributed by atoms with Crippen molar-refractivity contribution >= 4 is 33.0 Å². The molecular formula is C13H16Cl2O2S. The molecule has 0 spiro atoms. The third kappa shape index (κ3) is 2.84. The molecule has 0 N–H and O–H groups in total. The average Bonchev–Trinajstić information content (AvgIpc) is 2.63. The summed E-state index contributed by atoms with van der Waals surface area (Å²) in [4.78, 5) is 0. The molecule has 0 radical (unpaired) electrons. The summed E-state index contributed by atoms with van der Waals surface area (Å²) in [6.07, 6.45) is 0.625. The number of hydrogen-bond acceptors (Lipinski definition) is 2. The molecule has 1 heterocycles. The highest BCUT2D eigenvalue weighted by Crippen LogP contribution is 2.40. The van der Waals surface area contributed by atoms with Crippen LogP contribution in [0.15, 0.2) is 12.1 Å². The Hall–Kier alpha value is -0.250. The van der Waals surface area contributed by atoms with Crippen molar-refractivity contribution in [2.75, 3.05) is 11.5 Å². The molecule has 100 valence electrons. The summed E-state index contributed by atoms with van der Waals surface area (Å²) < 4.78 is 23.0. The zero-order valence-electron chi connectivity index (χ0n) is 10.4. The van der Waals surface area contributed by atoms with Crippen LogP contribution in [0.3, 0.4) is 0 Å². The Morgan fingerprint density at radius 1 is 1.28 bits per heavy atom. The van der Waals surface area contributed by atoms with Gasteiger partial charge in [-0.1, -0.05) is 17.7 Å². The quantitative estimate of drug-likeness (QED) is 0.781. The number of halogens is 2. The standard InChI is InChI=1S/C13H16Cl2O2S/c1-8-5-11(12(14)6-9(8)2)13(15)10-3-4-18(16,17)7-10/h5-6,10,13H,3-4,7H2,1-2H3. The summed E-state index contributed by atoms with van der Waals surface area (Å²) >= 11 is 12.6. The van der Waals surface area contributed by atoms with E-state index in [2.05, 4.69) is 0 Å². The van der Waals surface area contributed by atoms with Crippen LogP contribution in [0.5, 0.6) is 0 Å². The van der Waals surface area contributed by atoms with Crippen LogP contribution in [0.1, 0.15) is 28.5 Å². The van der Waals surface area contributed by atoms with Gasteiger partial charge in [0.15, 0.2) is 9.84 Å². The van der Waals surface area contributed by atoms with Crippen LogP contribution in [-0.2, 0) is 9.84 Å². The molecule has 0 saturated carbocycles. The van der Waals surface area contributed by atoms with Crippen molar-refractivity contribution in [2.24, 2.45) is 5.92 Å². The number of aryl methyl sites for hydroxylation is 2. The van der Waals surface area contributed by atoms with Gasteiger partial charge in [0.25, 0.3) is 0 Å². The molecule has 0 aliphatic carbocycles. The largest absolute Gasteiger partial charge is 0.229 e. The van der Waals surface area contributed by atoms with Gasteiger partial charge in [0.1, 0.15) is 0 Å². The molecule has 1 fully saturated rings. The van der Waals surface area contributed by atoms with Gasteiger partial charge in [0, 0.05) is 5.02 Å². The van der Waals surface area contributed by atoms with E-state index in [0.717, 1.165) is 16.7 Å². The first kappa shape index (κ1) is 14.2. The van der Waals surface area contributed by atoms with Crippen molar-refractivity contribution in [2.45, 2.75) is 25.6 Å². The van der Waals surface area contributed by atoms with Gasteiger partial charge in [0.05, 0.1) is 16.9 Å². The Labute approximate surface area is 118 Å². The number of sulfone groups is 1. The highest BCUT2D eigenvalue weighted by Gasteiger charge is 2.34. The third-order valence-corrected chi connectivity index (χ3v) is 6.30. The molecule has 2 rings (SSSR count). The first-order valence-corrected chi connectivity index (χ1v) is 8.55. The molecule has 18 heavy (non-hydrogen) atoms. The van der Waals surface area contributed by atoms with E-state index in [-0.39, 0.29) is 22.8 Å². The van der Waals surface area contributed by atoms with Crippen molar-refractivity contribution in [3.8, 4) is 0 Å². The fourth-order valence-corrected chi connectivity index (χ4v) is 5.06. The molecule has 0 aromatic heterocycles. The van der Waals surface area contributed by atoms with Crippen LogP contribution in [0, 0.1) is 19.8 Å². The minimum Gasteiger partial charge on any atom is -0.229 e. The zero-order valence-corrected chi connectivity index (χ0v) is 12.7. The molecule has 2 atom stereocenters. The van der Waals surface area contributed by atoms with E-state index < -0.39 is 9.84 Å². The average molecular weight is 307 g/mol. The van der Waals surface area contributed by atoms with E-state index in [1.807, 2.05) is 26.0 Å². The van der Waals surface area contributed by atoms with Gasteiger partial charge in [-0.15, -0.1) is 11.6 Å². The van der Waals surface area contributed by atoms with Gasteiger partial charge in [-0.05, 0) is 48.9 Å². The SMILES string of the molecule is Cc1cc(Cl)c(C(Cl)C2CCS(=O)(=O)C2)cc1C. The number of rotatable bonds is 2. The van der Waals surface area contributed by atoms with Gasteiger partial charge in [0.2, 0.25) is 0 Å². The van der Waals surface area contributed by atoms with E-state index in [1.165, 1.54) is 0 Å². The molecular weight excluding hydrogens is 291 g/mol. The molecule has 1 aromatic rings. The summed E-state index contributed by atoms with van der Waals surface area (Å²) in [5, 5.41) is 0.302. The Bertz CT molecular complexity index is 567. The molecule has 0 bridgehead atoms. The highest BCUT2D eigenvalue weighted by atomic mass is 35.5. The predicted octanol–water partition coefficient (Wildman–Crippen LogP) is 3.67. The van der Waals surface area contributed by atoms with E-state index >= 15 is 0 Å². The fourth-order valence-electron chi connectivity index (χ4n) is 2.32. The van der Waals surface area contributed by atoms with Crippen LogP contribution >= 0.6 is 23.2 Å². The summed E-state index contributed by atoms with van der Waals surface area (Å²) in [5.41, 5.74) is 3.09. The fraction of sp³-hybridized carbons (Fsp3) is 0.538. The maximum Gasteiger partial charge on any atom is 0.150 e. The minimum atomic E-state index is -2.91. The van der Waals surface area contributed by atoms with Crippen LogP contribution in [0.2, 0.25) is 5.02 Å². The Balaban J connectivity index is 2.30. The molecule has 1 aromatic carbocycles. The van der Waals surface area contributed by atoms with E-state index in [1.54, 1.807) is 0 Å². The van der Waals surface area contributed by atoms with Crippen molar-refractivity contribution in [1.29, 1.82) is 0 Å². The minimum absolute atomic E-state index is 0.0312. The van der Waals surface area contributed by atoms with Crippen molar-refractivity contribution in [1.82, 2.24) is 0 Å². The molecule has 1 aliphatic heterocycles. The van der Waals surface area contributed by atoms with Gasteiger partial charge in [-0.2, -0.15) is 0 Å². The monoisotopic (exact) mass is 306 g/mol. The molecule has 1 aliphatic rings. The predicted molar refractivity (Wildman–Crippen MR) is 76.3 cm³/mol. The lowest BCUT2D eigenvalue weighted by molar-refractivity contribution is 0.568. The summed E-state index contributed by atoms with van der Waals surface area (Å²) in [5.74, 6) is 0.379. The molecule has 0 amide bonds. The van der Waals surface area contributed by atoms with Crippen LogP contribution in [-0.4, -0.2) is 19.9 Å². The first-order chi connectivity index (χ1) is 8.30. The Morgan fingerprint density at radius 3 is 2.44 bits per heavy atom. The lowest BCUT2D eigenvalue weighted by atomic mass is 9.95. The van der Waals surface area contributed by atoms with Gasteiger partial charge >= 0.3 is 0 Å². The Kier molecular flexibility index (Phi) is 3.96. The topological polar surface area (TPSA) is 34.1 Å². The van der Waals surface area contributed by atoms with Crippen molar-refractivity contribution in [3.05, 3.63) is 33.8 Å². The van der Waals surface area contributed by atoms with E-state index in [9.17, 15) is 8.42 Å². The van der Waals surface area contributed by atoms with Crippen LogP contribution < -0.4 is 0 Å². The number of hydrogen-bond donors (Lipinski definition) is 0. The number of benzene rings is 1. The van der Waals surface area contributed by atoms with Crippen molar-refractivity contribution < 1.29 is 8.42 Å². The lowest BCUT2D eigenvalue weighted by Crippen LogP contribution is -2.11. The van der Waals surface area contributed by atoms with Gasteiger partial charge < -0.3 is 0 Å².